The van der Waals surface area contributed by atoms with E-state index in [9.17, 15) is 26.3 Å². The molecule has 4 N–H and O–H groups in total. The van der Waals surface area contributed by atoms with Crippen molar-refractivity contribution < 1.29 is 26.3 Å². The van der Waals surface area contributed by atoms with Gasteiger partial charge in [0.05, 0.1) is 0 Å². The molecule has 1 unspecified atom stereocenters. The molecule has 1 atom stereocenters. The van der Waals surface area contributed by atoms with Crippen molar-refractivity contribution in [2.75, 3.05) is 5.32 Å². The maximum Gasteiger partial charge on any atom is 0.433 e. The number of hydrogen-bond donors (Lipinski definition) is 3. The van der Waals surface area contributed by atoms with E-state index in [0.29, 0.717) is 0 Å². The summed E-state index contributed by atoms with van der Waals surface area (Å²) in [4.78, 5) is 15.1. The van der Waals surface area contributed by atoms with Crippen LogP contribution in [0.4, 0.5) is 32.0 Å². The van der Waals surface area contributed by atoms with Crippen LogP contribution in [0.1, 0.15) is 30.9 Å². The van der Waals surface area contributed by atoms with Gasteiger partial charge in [0, 0.05) is 17.8 Å². The molecule has 3 rings (SSSR count). The highest BCUT2D eigenvalue weighted by molar-refractivity contribution is 6.10. The van der Waals surface area contributed by atoms with Crippen LogP contribution in [0.3, 0.4) is 0 Å². The SMILES string of the molecule is CC(C)C1(N)N=C(Nc2ccnc(C(F)(F)F)c2)N=C(c2cccc(C(F)(F)F)n2)N1. The molecular formula is C18H17F6N7. The predicted octanol–water partition coefficient (Wildman–Crippen LogP) is 3.60. The first-order valence-electron chi connectivity index (χ1n) is 8.88. The fourth-order valence-corrected chi connectivity index (χ4v) is 2.52. The van der Waals surface area contributed by atoms with Crippen LogP contribution in [0.15, 0.2) is 46.5 Å². The lowest BCUT2D eigenvalue weighted by Crippen LogP contribution is -2.61. The number of alkyl halides is 6. The van der Waals surface area contributed by atoms with E-state index in [1.807, 2.05) is 0 Å². The van der Waals surface area contributed by atoms with E-state index in [4.69, 9.17) is 5.73 Å². The van der Waals surface area contributed by atoms with Crippen molar-refractivity contribution in [3.63, 3.8) is 0 Å². The minimum Gasteiger partial charge on any atom is -0.332 e. The van der Waals surface area contributed by atoms with Gasteiger partial charge in [-0.2, -0.15) is 31.3 Å². The summed E-state index contributed by atoms with van der Waals surface area (Å²) in [6.07, 6.45) is -8.40. The minimum atomic E-state index is -4.68. The molecule has 31 heavy (non-hydrogen) atoms. The lowest BCUT2D eigenvalue weighted by molar-refractivity contribution is -0.141. The number of nitrogens with one attached hydrogen (secondary N) is 2. The van der Waals surface area contributed by atoms with Gasteiger partial charge in [-0.05, 0) is 24.3 Å². The summed E-state index contributed by atoms with van der Waals surface area (Å²) in [5.74, 6) is -2.20. The summed E-state index contributed by atoms with van der Waals surface area (Å²) in [7, 11) is 0. The highest BCUT2D eigenvalue weighted by Crippen LogP contribution is 2.30. The molecule has 1 aliphatic heterocycles. The van der Waals surface area contributed by atoms with Gasteiger partial charge in [0.1, 0.15) is 17.1 Å². The number of nitrogens with zero attached hydrogens (tertiary/aromatic N) is 4. The monoisotopic (exact) mass is 445 g/mol. The molecule has 0 saturated carbocycles. The molecule has 0 aliphatic carbocycles. The van der Waals surface area contributed by atoms with Crippen molar-refractivity contribution >= 4 is 17.5 Å². The van der Waals surface area contributed by atoms with Gasteiger partial charge < -0.3 is 10.6 Å². The van der Waals surface area contributed by atoms with Crippen molar-refractivity contribution in [2.45, 2.75) is 32.0 Å². The Morgan fingerprint density at radius 3 is 2.32 bits per heavy atom. The number of nitrogens with two attached hydrogens (primary N) is 1. The second-order valence-electron chi connectivity index (χ2n) is 6.96. The Kier molecular flexibility index (Phi) is 5.65. The van der Waals surface area contributed by atoms with E-state index in [2.05, 4.69) is 30.6 Å². The first-order valence-corrected chi connectivity index (χ1v) is 8.88. The molecule has 0 bridgehead atoms. The summed E-state index contributed by atoms with van der Waals surface area (Å²) in [6, 6.07) is 5.24. The maximum absolute atomic E-state index is 13.0. The second-order valence-corrected chi connectivity index (χ2v) is 6.96. The van der Waals surface area contributed by atoms with Gasteiger partial charge in [0.25, 0.3) is 0 Å². The molecule has 0 amide bonds. The van der Waals surface area contributed by atoms with Crippen LogP contribution in [-0.2, 0) is 12.4 Å². The normalized spacial score (nSPS) is 19.5. The molecule has 0 fully saturated rings. The standard InChI is InChI=1S/C18H17F6N7/c1-9(2)18(25)30-14(11-4-3-5-12(28-11)16(19,20)21)29-15(31-18)27-10-6-7-26-13(8-10)17(22,23)24/h3-9H,25H2,1-2H3,(H2,26,27,29,30,31). The van der Waals surface area contributed by atoms with Crippen molar-refractivity contribution in [3.8, 4) is 0 Å². The van der Waals surface area contributed by atoms with E-state index >= 15 is 0 Å². The number of halogens is 6. The van der Waals surface area contributed by atoms with Gasteiger partial charge >= 0.3 is 12.4 Å². The first-order chi connectivity index (χ1) is 14.3. The van der Waals surface area contributed by atoms with Gasteiger partial charge in [-0.25, -0.2) is 9.98 Å². The number of pyridine rings is 2. The van der Waals surface area contributed by atoms with Gasteiger partial charge in [0.2, 0.25) is 5.96 Å². The lowest BCUT2D eigenvalue weighted by Gasteiger charge is -2.34. The Morgan fingerprint density at radius 2 is 1.71 bits per heavy atom. The fraction of sp³-hybridized carbons (Fsp3) is 0.333. The average Bonchev–Trinajstić information content (AvgIpc) is 2.66. The van der Waals surface area contributed by atoms with Crippen molar-refractivity contribution in [2.24, 2.45) is 21.6 Å². The van der Waals surface area contributed by atoms with Crippen molar-refractivity contribution in [3.05, 3.63) is 53.6 Å². The van der Waals surface area contributed by atoms with Gasteiger partial charge in [-0.3, -0.25) is 10.7 Å². The molecular weight excluding hydrogens is 428 g/mol. The van der Waals surface area contributed by atoms with Crippen LogP contribution in [0, 0.1) is 5.92 Å². The van der Waals surface area contributed by atoms with E-state index in [0.717, 1.165) is 24.4 Å². The number of anilines is 1. The van der Waals surface area contributed by atoms with E-state index in [1.54, 1.807) is 13.8 Å². The summed E-state index contributed by atoms with van der Waals surface area (Å²) in [6.45, 7) is 3.40. The minimum absolute atomic E-state index is 0.0332. The predicted molar refractivity (Wildman–Crippen MR) is 101 cm³/mol. The maximum atomic E-state index is 13.0. The topological polar surface area (TPSA) is 101 Å². The first kappa shape index (κ1) is 22.5. The number of amidine groups is 1. The third-order valence-corrected chi connectivity index (χ3v) is 4.30. The van der Waals surface area contributed by atoms with Crippen molar-refractivity contribution in [1.29, 1.82) is 0 Å². The molecule has 2 aromatic heterocycles. The van der Waals surface area contributed by atoms with Crippen LogP contribution >= 0.6 is 0 Å². The van der Waals surface area contributed by atoms with Crippen LogP contribution < -0.4 is 16.4 Å². The summed E-state index contributed by atoms with van der Waals surface area (Å²) in [5.41, 5.74) is 3.76. The Labute approximate surface area is 172 Å². The average molecular weight is 445 g/mol. The summed E-state index contributed by atoms with van der Waals surface area (Å²) >= 11 is 0. The Morgan fingerprint density at radius 1 is 1.03 bits per heavy atom. The molecule has 3 heterocycles. The van der Waals surface area contributed by atoms with Crippen LogP contribution in [0.5, 0.6) is 0 Å². The molecule has 13 heteroatoms. The lowest BCUT2D eigenvalue weighted by atomic mass is 10.1. The summed E-state index contributed by atoms with van der Waals surface area (Å²) < 4.78 is 77.8. The highest BCUT2D eigenvalue weighted by atomic mass is 19.4. The number of guanidine groups is 1. The molecule has 0 spiro atoms. The Bertz CT molecular complexity index is 1030. The molecule has 0 radical (unpaired) electrons. The van der Waals surface area contributed by atoms with E-state index < -0.39 is 29.5 Å². The second kappa shape index (κ2) is 7.80. The molecule has 0 saturated heterocycles. The number of aliphatic imine (C=N–C) groups is 2. The zero-order valence-corrected chi connectivity index (χ0v) is 16.2. The van der Waals surface area contributed by atoms with Crippen LogP contribution in [-0.4, -0.2) is 27.5 Å². The zero-order chi connectivity index (χ0) is 23.0. The molecule has 1 aliphatic rings. The van der Waals surface area contributed by atoms with E-state index in [-0.39, 0.29) is 29.1 Å². The van der Waals surface area contributed by atoms with Gasteiger partial charge in [-0.15, -0.1) is 0 Å². The summed E-state index contributed by atoms with van der Waals surface area (Å²) in [5, 5.41) is 5.35. The molecule has 0 aromatic carbocycles. The molecule has 166 valence electrons. The largest absolute Gasteiger partial charge is 0.433 e. The smallest absolute Gasteiger partial charge is 0.332 e. The number of aromatic nitrogens is 2. The highest BCUT2D eigenvalue weighted by Gasteiger charge is 2.37. The number of hydrogen-bond acceptors (Lipinski definition) is 7. The quantitative estimate of drug-likeness (QED) is 0.627. The van der Waals surface area contributed by atoms with Gasteiger partial charge in [0.15, 0.2) is 11.6 Å². The number of rotatable bonds is 3. The molecule has 7 nitrogen and oxygen atoms in total. The van der Waals surface area contributed by atoms with Gasteiger partial charge in [-0.1, -0.05) is 19.9 Å². The zero-order valence-electron chi connectivity index (χ0n) is 16.2. The molecule has 2 aromatic rings. The van der Waals surface area contributed by atoms with Crippen molar-refractivity contribution in [1.82, 2.24) is 15.3 Å². The van der Waals surface area contributed by atoms with Crippen LogP contribution in [0.25, 0.3) is 0 Å². The Balaban J connectivity index is 2.01. The Hall–Kier alpha value is -3.22. The van der Waals surface area contributed by atoms with Crippen LogP contribution in [0.2, 0.25) is 0 Å². The fourth-order valence-electron chi connectivity index (χ4n) is 2.52. The third-order valence-electron chi connectivity index (χ3n) is 4.30. The third kappa shape index (κ3) is 5.10. The van der Waals surface area contributed by atoms with E-state index in [1.165, 1.54) is 12.1 Å².